The van der Waals surface area contributed by atoms with Crippen molar-refractivity contribution in [3.05, 3.63) is 29.3 Å². The number of amides is 1. The van der Waals surface area contributed by atoms with E-state index >= 15 is 0 Å². The first-order chi connectivity index (χ1) is 8.06. The highest BCUT2D eigenvalue weighted by atomic mass is 35.5. The summed E-state index contributed by atoms with van der Waals surface area (Å²) >= 11 is 5.72. The highest BCUT2D eigenvalue weighted by molar-refractivity contribution is 6.30. The number of anilines is 1. The van der Waals surface area contributed by atoms with Gasteiger partial charge in [0.15, 0.2) is 12.1 Å². The van der Waals surface area contributed by atoms with Crippen molar-refractivity contribution >= 4 is 29.2 Å². The molecule has 90 valence electrons. The van der Waals surface area contributed by atoms with E-state index in [0.717, 1.165) is 0 Å². The molecule has 2 rings (SSSR count). The minimum Gasteiger partial charge on any atom is -0.480 e. The van der Waals surface area contributed by atoms with Gasteiger partial charge >= 0.3 is 5.97 Å². The Kier molecular flexibility index (Phi) is 3.04. The molecule has 0 unspecified atom stereocenters. The number of hydrogen-bond acceptors (Lipinski definition) is 3. The molecule has 1 aromatic rings. The van der Waals surface area contributed by atoms with Crippen LogP contribution in [0.4, 0.5) is 5.69 Å². The highest BCUT2D eigenvalue weighted by Crippen LogP contribution is 2.30. The van der Waals surface area contributed by atoms with Gasteiger partial charge in [-0.1, -0.05) is 11.6 Å². The van der Waals surface area contributed by atoms with Crippen LogP contribution >= 0.6 is 11.6 Å². The van der Waals surface area contributed by atoms with Crippen LogP contribution in [0.3, 0.4) is 0 Å². The second-order valence-corrected chi connectivity index (χ2v) is 4.06. The summed E-state index contributed by atoms with van der Waals surface area (Å²) in [5.74, 6) is -1.45. The molecule has 1 aromatic carbocycles. The van der Waals surface area contributed by atoms with Crippen LogP contribution in [-0.4, -0.2) is 36.2 Å². The third-order valence-corrected chi connectivity index (χ3v) is 2.91. The van der Waals surface area contributed by atoms with Crippen molar-refractivity contribution in [2.75, 3.05) is 12.0 Å². The maximum absolute atomic E-state index is 11.7. The predicted octanol–water partition coefficient (Wildman–Crippen LogP) is 1.15. The molecule has 1 N–H and O–H groups in total. The van der Waals surface area contributed by atoms with Gasteiger partial charge in [0.1, 0.15) is 0 Å². The summed E-state index contributed by atoms with van der Waals surface area (Å²) in [5, 5.41) is 9.56. The quantitative estimate of drug-likeness (QED) is 0.823. The molecule has 0 spiro atoms. The number of carbonyl (C=O) groups is 2. The van der Waals surface area contributed by atoms with E-state index in [9.17, 15) is 9.59 Å². The number of ether oxygens (including phenoxy) is 1. The third-order valence-electron chi connectivity index (χ3n) is 2.66. The van der Waals surface area contributed by atoms with Gasteiger partial charge in [-0.05, 0) is 24.3 Å². The van der Waals surface area contributed by atoms with Gasteiger partial charge in [-0.3, -0.25) is 9.69 Å². The van der Waals surface area contributed by atoms with Gasteiger partial charge in [0, 0.05) is 17.8 Å². The molecule has 1 aliphatic rings. The fourth-order valence-electron chi connectivity index (χ4n) is 1.82. The Morgan fingerprint density at radius 3 is 2.47 bits per heavy atom. The van der Waals surface area contributed by atoms with Crippen LogP contribution in [0.2, 0.25) is 5.02 Å². The number of carbonyl (C=O) groups excluding carboxylic acids is 1. The topological polar surface area (TPSA) is 66.8 Å². The van der Waals surface area contributed by atoms with E-state index in [-0.39, 0.29) is 5.91 Å². The van der Waals surface area contributed by atoms with Crippen molar-refractivity contribution in [3.8, 4) is 0 Å². The molecule has 1 aliphatic heterocycles. The first-order valence-corrected chi connectivity index (χ1v) is 5.28. The van der Waals surface area contributed by atoms with Crippen LogP contribution in [0.25, 0.3) is 0 Å². The van der Waals surface area contributed by atoms with Crippen LogP contribution in [0.15, 0.2) is 24.3 Å². The minimum atomic E-state index is -1.09. The lowest BCUT2D eigenvalue weighted by atomic mass is 9.97. The molecule has 5 nitrogen and oxygen atoms in total. The molecule has 0 bridgehead atoms. The average molecular weight is 256 g/mol. The number of nitrogens with zero attached hydrogens (tertiary/aromatic N) is 1. The Morgan fingerprint density at radius 1 is 1.41 bits per heavy atom. The summed E-state index contributed by atoms with van der Waals surface area (Å²) in [6, 6.07) is 5.42. The van der Waals surface area contributed by atoms with Crippen LogP contribution in [0.5, 0.6) is 0 Å². The molecule has 2 atom stereocenters. The first kappa shape index (κ1) is 11.9. The standard InChI is InChI=1S/C11H10ClNO4/c1-17-9-8(11(15)16)13(10(9)14)7-4-2-6(12)3-5-7/h2-5,8-9H,1H3,(H,15,16)/t8-,9+/m0/s1. The molecule has 0 saturated carbocycles. The summed E-state index contributed by atoms with van der Waals surface area (Å²) in [6.45, 7) is 0. The van der Waals surface area contributed by atoms with Crippen molar-refractivity contribution in [1.82, 2.24) is 0 Å². The van der Waals surface area contributed by atoms with Gasteiger partial charge in [0.2, 0.25) is 0 Å². The lowest BCUT2D eigenvalue weighted by Crippen LogP contribution is -2.69. The Bertz CT molecular complexity index is 459. The summed E-state index contributed by atoms with van der Waals surface area (Å²) in [6.07, 6.45) is -0.914. The maximum atomic E-state index is 11.7. The number of methoxy groups -OCH3 is 1. The second-order valence-electron chi connectivity index (χ2n) is 3.62. The van der Waals surface area contributed by atoms with E-state index in [1.54, 1.807) is 24.3 Å². The Morgan fingerprint density at radius 2 is 2.00 bits per heavy atom. The second kappa shape index (κ2) is 4.35. The first-order valence-electron chi connectivity index (χ1n) is 4.90. The average Bonchev–Trinajstić information content (AvgIpc) is 2.28. The van der Waals surface area contributed by atoms with Crippen LogP contribution < -0.4 is 4.90 Å². The number of rotatable bonds is 3. The lowest BCUT2D eigenvalue weighted by Gasteiger charge is -2.43. The van der Waals surface area contributed by atoms with Crippen LogP contribution in [0.1, 0.15) is 0 Å². The Labute approximate surface area is 103 Å². The summed E-state index contributed by atoms with van der Waals surface area (Å²) in [4.78, 5) is 23.9. The number of halogens is 1. The maximum Gasteiger partial charge on any atom is 0.330 e. The van der Waals surface area contributed by atoms with Gasteiger partial charge in [0.05, 0.1) is 0 Å². The molecule has 1 amide bonds. The Hall–Kier alpha value is -1.59. The zero-order chi connectivity index (χ0) is 12.6. The van der Waals surface area contributed by atoms with Gasteiger partial charge in [-0.2, -0.15) is 0 Å². The number of hydrogen-bond donors (Lipinski definition) is 1. The third kappa shape index (κ3) is 1.87. The Balaban J connectivity index is 2.29. The number of β-lactam (4-membered cyclic amide) rings is 1. The number of benzene rings is 1. The molecule has 0 aliphatic carbocycles. The van der Waals surface area contributed by atoms with Crippen molar-refractivity contribution in [3.63, 3.8) is 0 Å². The highest BCUT2D eigenvalue weighted by Gasteiger charge is 2.53. The summed E-state index contributed by atoms with van der Waals surface area (Å²) in [7, 11) is 1.32. The van der Waals surface area contributed by atoms with Crippen molar-refractivity contribution in [1.29, 1.82) is 0 Å². The molecule has 0 radical (unpaired) electrons. The smallest absolute Gasteiger partial charge is 0.330 e. The minimum absolute atomic E-state index is 0.359. The van der Waals surface area contributed by atoms with Crippen molar-refractivity contribution in [2.24, 2.45) is 0 Å². The van der Waals surface area contributed by atoms with Gasteiger partial charge < -0.3 is 9.84 Å². The number of carboxylic acids is 1. The van der Waals surface area contributed by atoms with Crippen LogP contribution in [0, 0.1) is 0 Å². The zero-order valence-electron chi connectivity index (χ0n) is 8.96. The van der Waals surface area contributed by atoms with E-state index in [4.69, 9.17) is 21.4 Å². The van der Waals surface area contributed by atoms with E-state index < -0.39 is 18.1 Å². The van der Waals surface area contributed by atoms with Gasteiger partial charge in [-0.15, -0.1) is 0 Å². The summed E-state index contributed by atoms with van der Waals surface area (Å²) < 4.78 is 4.85. The van der Waals surface area contributed by atoms with E-state index in [0.29, 0.717) is 10.7 Å². The summed E-state index contributed by atoms with van der Waals surface area (Å²) in [5.41, 5.74) is 0.500. The molecule has 1 heterocycles. The van der Waals surface area contributed by atoms with Crippen molar-refractivity contribution < 1.29 is 19.4 Å². The van der Waals surface area contributed by atoms with Gasteiger partial charge in [0.25, 0.3) is 5.91 Å². The SMILES string of the molecule is CO[C@H]1C(=O)N(c2ccc(Cl)cc2)[C@@H]1C(=O)O. The van der Waals surface area contributed by atoms with Crippen molar-refractivity contribution in [2.45, 2.75) is 12.1 Å². The monoisotopic (exact) mass is 255 g/mol. The van der Waals surface area contributed by atoms with E-state index in [1.807, 2.05) is 0 Å². The molecule has 17 heavy (non-hydrogen) atoms. The molecular weight excluding hydrogens is 246 g/mol. The van der Waals surface area contributed by atoms with Crippen LogP contribution in [-0.2, 0) is 14.3 Å². The lowest BCUT2D eigenvalue weighted by molar-refractivity contribution is -0.155. The largest absolute Gasteiger partial charge is 0.480 e. The number of carboxylic acid groups (broad SMARTS) is 1. The van der Waals surface area contributed by atoms with E-state index in [2.05, 4.69) is 0 Å². The predicted molar refractivity (Wildman–Crippen MR) is 61.2 cm³/mol. The number of aliphatic carboxylic acids is 1. The molecular formula is C11H10ClNO4. The van der Waals surface area contributed by atoms with Gasteiger partial charge in [-0.25, -0.2) is 4.79 Å². The molecule has 1 fully saturated rings. The fourth-order valence-corrected chi connectivity index (χ4v) is 1.95. The molecule has 0 aromatic heterocycles. The van der Waals surface area contributed by atoms with E-state index in [1.165, 1.54) is 12.0 Å². The molecule has 1 saturated heterocycles. The zero-order valence-corrected chi connectivity index (χ0v) is 9.72. The fraction of sp³-hybridized carbons (Fsp3) is 0.273. The molecule has 6 heteroatoms. The normalized spacial score (nSPS) is 23.4.